The zero-order valence-corrected chi connectivity index (χ0v) is 13.6. The van der Waals surface area contributed by atoms with Crippen LogP contribution in [0.4, 0.5) is 0 Å². The lowest BCUT2D eigenvalue weighted by Crippen LogP contribution is -2.42. The molecule has 21 heavy (non-hydrogen) atoms. The van der Waals surface area contributed by atoms with E-state index in [0.29, 0.717) is 19.6 Å². The van der Waals surface area contributed by atoms with Gasteiger partial charge in [0.15, 0.2) is 0 Å². The number of hydrogen-bond donors (Lipinski definition) is 2. The molecule has 1 heterocycles. The predicted octanol–water partition coefficient (Wildman–Crippen LogP) is 1.82. The van der Waals surface area contributed by atoms with E-state index in [9.17, 15) is 8.42 Å². The van der Waals surface area contributed by atoms with Crippen LogP contribution in [0.3, 0.4) is 0 Å². The Balaban J connectivity index is 2.07. The van der Waals surface area contributed by atoms with Crippen molar-refractivity contribution in [2.75, 3.05) is 13.2 Å². The smallest absolute Gasteiger partial charge is 0.216 e. The first-order valence-electron chi connectivity index (χ1n) is 7.36. The molecule has 2 atom stereocenters. The molecule has 0 radical (unpaired) electrons. The third-order valence-electron chi connectivity index (χ3n) is 3.61. The first-order valence-corrected chi connectivity index (χ1v) is 8.91. The zero-order chi connectivity index (χ0) is 15.5. The highest BCUT2D eigenvalue weighted by Crippen LogP contribution is 2.32. The van der Waals surface area contributed by atoms with Crippen LogP contribution in [0.25, 0.3) is 0 Å². The van der Waals surface area contributed by atoms with Crippen LogP contribution in [0.5, 0.6) is 5.75 Å². The van der Waals surface area contributed by atoms with Crippen molar-refractivity contribution in [1.29, 1.82) is 0 Å². The number of ether oxygens (including phenoxy) is 1. The fraction of sp³-hybridized carbons (Fsp3) is 0.600. The summed E-state index contributed by atoms with van der Waals surface area (Å²) >= 11 is 0. The Kier molecular flexibility index (Phi) is 5.24. The van der Waals surface area contributed by atoms with Crippen LogP contribution in [0, 0.1) is 0 Å². The monoisotopic (exact) mass is 312 g/mol. The van der Waals surface area contributed by atoms with Gasteiger partial charge in [0.25, 0.3) is 0 Å². The molecule has 2 rings (SSSR count). The summed E-state index contributed by atoms with van der Waals surface area (Å²) in [5.41, 5.74) is 0.913. The molecule has 6 heteroatoms. The topological polar surface area (TPSA) is 67.4 Å². The third kappa shape index (κ3) is 4.18. The Morgan fingerprint density at radius 2 is 2.00 bits per heavy atom. The lowest BCUT2D eigenvalue weighted by Gasteiger charge is -2.28. The second-order valence-electron chi connectivity index (χ2n) is 5.76. The molecular formula is C15H24N2O3S. The fourth-order valence-corrected chi connectivity index (χ4v) is 3.48. The fourth-order valence-electron chi connectivity index (χ4n) is 2.29. The van der Waals surface area contributed by atoms with Gasteiger partial charge in [0, 0.05) is 24.6 Å². The minimum Gasteiger partial charge on any atom is -0.493 e. The summed E-state index contributed by atoms with van der Waals surface area (Å²) in [6, 6.07) is 7.65. The quantitative estimate of drug-likeness (QED) is 0.841. The second kappa shape index (κ2) is 6.77. The van der Waals surface area contributed by atoms with E-state index in [-0.39, 0.29) is 12.1 Å². The summed E-state index contributed by atoms with van der Waals surface area (Å²) in [5.74, 6) is 0.768. The Morgan fingerprint density at radius 1 is 1.29 bits per heavy atom. The molecule has 0 aliphatic carbocycles. The van der Waals surface area contributed by atoms with Crippen molar-refractivity contribution >= 4 is 10.0 Å². The van der Waals surface area contributed by atoms with E-state index in [4.69, 9.17) is 4.74 Å². The number of rotatable bonds is 6. The van der Waals surface area contributed by atoms with Gasteiger partial charge in [0.05, 0.1) is 17.9 Å². The molecule has 0 saturated heterocycles. The standard InChI is InChI=1S/C15H24N2O3S/c1-11(2)16-10-12(3)21(18,19)17-14-8-9-20-15-7-5-4-6-13(14)15/h4-7,11-12,14,16-17H,8-10H2,1-3H3. The third-order valence-corrected chi connectivity index (χ3v) is 5.45. The average Bonchev–Trinajstić information content (AvgIpc) is 2.44. The van der Waals surface area contributed by atoms with Crippen LogP contribution >= 0.6 is 0 Å². The van der Waals surface area contributed by atoms with Crippen molar-refractivity contribution in [3.63, 3.8) is 0 Å². The highest BCUT2D eigenvalue weighted by molar-refractivity contribution is 7.90. The molecule has 0 amide bonds. The van der Waals surface area contributed by atoms with Gasteiger partial charge in [0.1, 0.15) is 5.75 Å². The number of benzene rings is 1. The predicted molar refractivity (Wildman–Crippen MR) is 84.0 cm³/mol. The maximum atomic E-state index is 12.4. The van der Waals surface area contributed by atoms with Crippen LogP contribution in [0.15, 0.2) is 24.3 Å². The van der Waals surface area contributed by atoms with Gasteiger partial charge in [-0.25, -0.2) is 13.1 Å². The molecule has 0 fully saturated rings. The average molecular weight is 312 g/mol. The SMILES string of the molecule is CC(C)NCC(C)S(=O)(=O)NC1CCOc2ccccc21. The van der Waals surface area contributed by atoms with Gasteiger partial charge in [-0.15, -0.1) is 0 Å². The first kappa shape index (κ1) is 16.3. The van der Waals surface area contributed by atoms with E-state index < -0.39 is 15.3 Å². The van der Waals surface area contributed by atoms with Gasteiger partial charge in [0.2, 0.25) is 10.0 Å². The summed E-state index contributed by atoms with van der Waals surface area (Å²) in [4.78, 5) is 0. The van der Waals surface area contributed by atoms with Gasteiger partial charge < -0.3 is 10.1 Å². The van der Waals surface area contributed by atoms with E-state index >= 15 is 0 Å². The maximum absolute atomic E-state index is 12.4. The van der Waals surface area contributed by atoms with E-state index in [1.807, 2.05) is 38.1 Å². The summed E-state index contributed by atoms with van der Waals surface area (Å²) in [5, 5.41) is 2.69. The molecule has 2 unspecified atom stereocenters. The van der Waals surface area contributed by atoms with Crippen molar-refractivity contribution in [3.05, 3.63) is 29.8 Å². The largest absolute Gasteiger partial charge is 0.493 e. The lowest BCUT2D eigenvalue weighted by atomic mass is 10.0. The first-order chi connectivity index (χ1) is 9.90. The van der Waals surface area contributed by atoms with Gasteiger partial charge in [-0.2, -0.15) is 0 Å². The summed E-state index contributed by atoms with van der Waals surface area (Å²) in [6.07, 6.45) is 0.653. The zero-order valence-electron chi connectivity index (χ0n) is 12.8. The molecule has 0 aromatic heterocycles. The summed E-state index contributed by atoms with van der Waals surface area (Å²) in [6.45, 7) is 6.70. The number of fused-ring (bicyclic) bond motifs is 1. The minimum absolute atomic E-state index is 0.207. The Hall–Kier alpha value is -1.11. The highest BCUT2D eigenvalue weighted by Gasteiger charge is 2.28. The molecule has 5 nitrogen and oxygen atoms in total. The summed E-state index contributed by atoms with van der Waals surface area (Å²) < 4.78 is 33.2. The molecule has 1 aromatic rings. The van der Waals surface area contributed by atoms with Crippen molar-refractivity contribution in [2.45, 2.75) is 44.5 Å². The maximum Gasteiger partial charge on any atom is 0.216 e. The number of sulfonamides is 1. The van der Waals surface area contributed by atoms with Crippen molar-refractivity contribution in [1.82, 2.24) is 10.0 Å². The number of nitrogens with one attached hydrogen (secondary N) is 2. The summed E-state index contributed by atoms with van der Waals surface area (Å²) in [7, 11) is -3.37. The van der Waals surface area contributed by atoms with Crippen molar-refractivity contribution in [2.24, 2.45) is 0 Å². The normalized spacial score (nSPS) is 19.9. The van der Waals surface area contributed by atoms with Crippen LogP contribution in [-0.2, 0) is 10.0 Å². The molecule has 1 aromatic carbocycles. The minimum atomic E-state index is -3.37. The molecular weight excluding hydrogens is 288 g/mol. The van der Waals surface area contributed by atoms with Crippen molar-refractivity contribution < 1.29 is 13.2 Å². The Labute approximate surface area is 127 Å². The highest BCUT2D eigenvalue weighted by atomic mass is 32.2. The molecule has 1 aliphatic rings. The van der Waals surface area contributed by atoms with Crippen LogP contribution < -0.4 is 14.8 Å². The Bertz CT molecular complexity index is 572. The van der Waals surface area contributed by atoms with Crippen molar-refractivity contribution in [3.8, 4) is 5.75 Å². The lowest BCUT2D eigenvalue weighted by molar-refractivity contribution is 0.263. The molecule has 2 N–H and O–H groups in total. The number of para-hydroxylation sites is 1. The molecule has 0 spiro atoms. The molecule has 0 bridgehead atoms. The van der Waals surface area contributed by atoms with E-state index in [2.05, 4.69) is 10.0 Å². The molecule has 0 saturated carbocycles. The van der Waals surface area contributed by atoms with E-state index in [1.54, 1.807) is 6.92 Å². The number of hydrogen-bond acceptors (Lipinski definition) is 4. The van der Waals surface area contributed by atoms with Gasteiger partial charge in [-0.05, 0) is 13.0 Å². The second-order valence-corrected chi connectivity index (χ2v) is 7.89. The van der Waals surface area contributed by atoms with E-state index in [1.165, 1.54) is 0 Å². The Morgan fingerprint density at radius 3 is 2.71 bits per heavy atom. The molecule has 1 aliphatic heterocycles. The van der Waals surface area contributed by atoms with Crippen LogP contribution in [0.1, 0.15) is 38.8 Å². The van der Waals surface area contributed by atoms with Crippen LogP contribution in [-0.4, -0.2) is 32.9 Å². The van der Waals surface area contributed by atoms with E-state index in [0.717, 1.165) is 11.3 Å². The van der Waals surface area contributed by atoms with Gasteiger partial charge in [-0.1, -0.05) is 32.0 Å². The molecule has 118 valence electrons. The van der Waals surface area contributed by atoms with Crippen LogP contribution in [0.2, 0.25) is 0 Å². The van der Waals surface area contributed by atoms with Gasteiger partial charge in [-0.3, -0.25) is 0 Å². The van der Waals surface area contributed by atoms with Gasteiger partial charge >= 0.3 is 0 Å².